The fourth-order valence-electron chi connectivity index (χ4n) is 2.75. The van der Waals surface area contributed by atoms with Crippen LogP contribution in [0.5, 0.6) is 0 Å². The maximum atomic E-state index is 12.6. The molecule has 0 saturated carbocycles. The third-order valence-corrected chi connectivity index (χ3v) is 6.19. The summed E-state index contributed by atoms with van der Waals surface area (Å²) in [6.07, 6.45) is 0. The number of carbonyl (C=O) groups is 2. The molecular formula is C19H20N2O6S. The van der Waals surface area contributed by atoms with E-state index in [4.69, 9.17) is 15.2 Å². The van der Waals surface area contributed by atoms with Gasteiger partial charge in [-0.15, -0.1) is 0 Å². The third-order valence-electron chi connectivity index (χ3n) is 4.28. The van der Waals surface area contributed by atoms with E-state index in [-0.39, 0.29) is 17.1 Å². The lowest BCUT2D eigenvalue weighted by atomic mass is 10.1. The summed E-state index contributed by atoms with van der Waals surface area (Å²) in [7, 11) is -3.62. The molecule has 2 N–H and O–H groups in total. The van der Waals surface area contributed by atoms with Crippen molar-refractivity contribution < 1.29 is 27.5 Å². The van der Waals surface area contributed by atoms with Gasteiger partial charge in [-0.3, -0.25) is 4.79 Å². The van der Waals surface area contributed by atoms with Crippen molar-refractivity contribution in [2.45, 2.75) is 11.5 Å². The minimum atomic E-state index is -3.62. The SMILES string of the molecule is NC(=O)c1cccc(COC(=O)c2ccc(S(=O)(=O)N3CCOCC3)cc2)c1. The number of amides is 1. The number of sulfonamides is 1. The molecule has 1 amide bonds. The van der Waals surface area contributed by atoms with Gasteiger partial charge in [0.05, 0.1) is 23.7 Å². The van der Waals surface area contributed by atoms with E-state index in [1.54, 1.807) is 24.3 Å². The van der Waals surface area contributed by atoms with Crippen LogP contribution in [0.25, 0.3) is 0 Å². The molecule has 9 heteroatoms. The lowest BCUT2D eigenvalue weighted by Gasteiger charge is -2.26. The molecule has 8 nitrogen and oxygen atoms in total. The summed E-state index contributed by atoms with van der Waals surface area (Å²) in [5, 5.41) is 0. The number of hydrogen-bond donors (Lipinski definition) is 1. The van der Waals surface area contributed by atoms with E-state index in [1.807, 2.05) is 0 Å². The molecule has 1 fully saturated rings. The normalized spacial score (nSPS) is 15.1. The Morgan fingerprint density at radius 1 is 1.04 bits per heavy atom. The Labute approximate surface area is 162 Å². The van der Waals surface area contributed by atoms with Gasteiger partial charge < -0.3 is 15.2 Å². The van der Waals surface area contributed by atoms with Crippen molar-refractivity contribution in [3.8, 4) is 0 Å². The molecule has 0 unspecified atom stereocenters. The number of primary amides is 1. The molecule has 0 bridgehead atoms. The Bertz CT molecular complexity index is 966. The summed E-state index contributed by atoms with van der Waals surface area (Å²) >= 11 is 0. The number of esters is 1. The first-order valence-electron chi connectivity index (χ1n) is 8.62. The molecule has 1 saturated heterocycles. The summed E-state index contributed by atoms with van der Waals surface area (Å²) in [5.41, 5.74) is 6.40. The first-order valence-corrected chi connectivity index (χ1v) is 10.1. The second kappa shape index (κ2) is 8.51. The predicted octanol–water partition coefficient (Wildman–Crippen LogP) is 1.16. The third kappa shape index (κ3) is 4.56. The zero-order valence-corrected chi connectivity index (χ0v) is 15.9. The molecule has 0 atom stereocenters. The van der Waals surface area contributed by atoms with Gasteiger partial charge in [-0.2, -0.15) is 4.31 Å². The van der Waals surface area contributed by atoms with Gasteiger partial charge in [0.15, 0.2) is 0 Å². The van der Waals surface area contributed by atoms with Crippen LogP contribution >= 0.6 is 0 Å². The number of morpholine rings is 1. The van der Waals surface area contributed by atoms with Crippen LogP contribution in [0.3, 0.4) is 0 Å². The van der Waals surface area contributed by atoms with Crippen LogP contribution in [0, 0.1) is 0 Å². The van der Waals surface area contributed by atoms with Crippen molar-refractivity contribution in [1.29, 1.82) is 0 Å². The van der Waals surface area contributed by atoms with E-state index >= 15 is 0 Å². The Morgan fingerprint density at radius 2 is 1.71 bits per heavy atom. The highest BCUT2D eigenvalue weighted by molar-refractivity contribution is 7.89. The molecule has 0 aliphatic carbocycles. The van der Waals surface area contributed by atoms with Crippen molar-refractivity contribution in [3.05, 3.63) is 65.2 Å². The van der Waals surface area contributed by atoms with E-state index in [1.165, 1.54) is 28.6 Å². The van der Waals surface area contributed by atoms with E-state index in [2.05, 4.69) is 0 Å². The molecular weight excluding hydrogens is 384 g/mol. The standard InChI is InChI=1S/C19H20N2O6S/c20-18(22)16-3-1-2-14(12-16)13-27-19(23)15-4-6-17(7-5-15)28(24,25)21-8-10-26-11-9-21/h1-7,12H,8-11,13H2,(H2,20,22). The van der Waals surface area contributed by atoms with Gasteiger partial charge in [0.25, 0.3) is 0 Å². The average Bonchev–Trinajstić information content (AvgIpc) is 2.73. The largest absolute Gasteiger partial charge is 0.457 e. The van der Waals surface area contributed by atoms with Gasteiger partial charge >= 0.3 is 5.97 Å². The topological polar surface area (TPSA) is 116 Å². The maximum absolute atomic E-state index is 12.6. The minimum absolute atomic E-state index is 0.0339. The van der Waals surface area contributed by atoms with Gasteiger partial charge in [0.1, 0.15) is 6.61 Å². The monoisotopic (exact) mass is 404 g/mol. The highest BCUT2D eigenvalue weighted by Gasteiger charge is 2.26. The van der Waals surface area contributed by atoms with Crippen LogP contribution in [-0.4, -0.2) is 50.9 Å². The summed E-state index contributed by atoms with van der Waals surface area (Å²) in [4.78, 5) is 23.5. The van der Waals surface area contributed by atoms with Gasteiger partial charge in [-0.05, 0) is 42.0 Å². The molecule has 2 aromatic carbocycles. The molecule has 3 rings (SSSR count). The molecule has 0 aromatic heterocycles. The molecule has 0 spiro atoms. The Morgan fingerprint density at radius 3 is 2.36 bits per heavy atom. The van der Waals surface area contributed by atoms with E-state index in [0.717, 1.165) is 0 Å². The summed E-state index contributed by atoms with van der Waals surface area (Å²) < 4.78 is 36.9. The number of carbonyl (C=O) groups excluding carboxylic acids is 2. The molecule has 1 heterocycles. The van der Waals surface area contributed by atoms with Gasteiger partial charge in [-0.1, -0.05) is 12.1 Å². The number of nitrogens with zero attached hydrogens (tertiary/aromatic N) is 1. The number of rotatable bonds is 6. The summed E-state index contributed by atoms with van der Waals surface area (Å²) in [5.74, 6) is -1.16. The van der Waals surface area contributed by atoms with Crippen LogP contribution in [0.15, 0.2) is 53.4 Å². The van der Waals surface area contributed by atoms with Crippen molar-refractivity contribution in [2.75, 3.05) is 26.3 Å². The molecule has 1 aliphatic rings. The number of nitrogens with two attached hydrogens (primary N) is 1. The Hall–Kier alpha value is -2.75. The van der Waals surface area contributed by atoms with E-state index in [9.17, 15) is 18.0 Å². The number of ether oxygens (including phenoxy) is 2. The fourth-order valence-corrected chi connectivity index (χ4v) is 4.15. The Kier molecular flexibility index (Phi) is 6.08. The maximum Gasteiger partial charge on any atom is 0.338 e. The first-order chi connectivity index (χ1) is 13.4. The van der Waals surface area contributed by atoms with E-state index in [0.29, 0.717) is 37.4 Å². The van der Waals surface area contributed by atoms with Crippen molar-refractivity contribution in [1.82, 2.24) is 4.31 Å². The van der Waals surface area contributed by atoms with Gasteiger partial charge in [-0.25, -0.2) is 13.2 Å². The fraction of sp³-hybridized carbons (Fsp3) is 0.263. The molecule has 1 aliphatic heterocycles. The van der Waals surface area contributed by atoms with Crippen molar-refractivity contribution >= 4 is 21.9 Å². The average molecular weight is 404 g/mol. The molecule has 0 radical (unpaired) electrons. The second-order valence-corrected chi connectivity index (χ2v) is 8.12. The van der Waals surface area contributed by atoms with Crippen LogP contribution in [-0.2, 0) is 26.1 Å². The molecule has 148 valence electrons. The quantitative estimate of drug-likeness (QED) is 0.723. The van der Waals surface area contributed by atoms with Crippen LogP contribution in [0.1, 0.15) is 26.3 Å². The zero-order chi connectivity index (χ0) is 20.1. The van der Waals surface area contributed by atoms with Gasteiger partial charge in [0.2, 0.25) is 15.9 Å². The zero-order valence-electron chi connectivity index (χ0n) is 15.0. The minimum Gasteiger partial charge on any atom is -0.457 e. The van der Waals surface area contributed by atoms with Crippen LogP contribution in [0.4, 0.5) is 0 Å². The number of benzene rings is 2. The van der Waals surface area contributed by atoms with Crippen molar-refractivity contribution in [3.63, 3.8) is 0 Å². The van der Waals surface area contributed by atoms with Crippen molar-refractivity contribution in [2.24, 2.45) is 5.73 Å². The molecule has 28 heavy (non-hydrogen) atoms. The summed E-state index contributed by atoms with van der Waals surface area (Å²) in [6.45, 7) is 1.29. The highest BCUT2D eigenvalue weighted by Crippen LogP contribution is 2.18. The van der Waals surface area contributed by atoms with E-state index < -0.39 is 21.9 Å². The highest BCUT2D eigenvalue weighted by atomic mass is 32.2. The second-order valence-electron chi connectivity index (χ2n) is 6.18. The lowest BCUT2D eigenvalue weighted by molar-refractivity contribution is 0.0472. The summed E-state index contributed by atoms with van der Waals surface area (Å²) in [6, 6.07) is 12.1. The predicted molar refractivity (Wildman–Crippen MR) is 100 cm³/mol. The first kappa shape index (κ1) is 20.0. The smallest absolute Gasteiger partial charge is 0.338 e. The molecule has 2 aromatic rings. The van der Waals surface area contributed by atoms with Crippen LogP contribution in [0.2, 0.25) is 0 Å². The Balaban J connectivity index is 1.65. The lowest BCUT2D eigenvalue weighted by Crippen LogP contribution is -2.40. The van der Waals surface area contributed by atoms with Crippen LogP contribution < -0.4 is 5.73 Å². The van der Waals surface area contributed by atoms with Gasteiger partial charge in [0, 0.05) is 18.7 Å². The number of hydrogen-bond acceptors (Lipinski definition) is 6.